The van der Waals surface area contributed by atoms with Gasteiger partial charge in [-0.1, -0.05) is 20.4 Å². The van der Waals surface area contributed by atoms with Crippen LogP contribution in [0.2, 0.25) is 0 Å². The predicted molar refractivity (Wildman–Crippen MR) is 66.9 cm³/mol. The van der Waals surface area contributed by atoms with Crippen LogP contribution >= 0.6 is 27.5 Å². The topological polar surface area (TPSA) is 46.1 Å². The third-order valence-corrected chi connectivity index (χ3v) is 4.01. The number of halogens is 1. The van der Waals surface area contributed by atoms with Crippen molar-refractivity contribution in [2.45, 2.75) is 19.3 Å². The van der Waals surface area contributed by atoms with Crippen molar-refractivity contribution in [3.05, 3.63) is 11.1 Å². The highest BCUT2D eigenvalue weighted by Crippen LogP contribution is 2.22. The third-order valence-electron chi connectivity index (χ3n) is 2.90. The van der Waals surface area contributed by atoms with Crippen LogP contribution in [0.25, 0.3) is 0 Å². The van der Waals surface area contributed by atoms with E-state index in [-0.39, 0.29) is 5.91 Å². The minimum atomic E-state index is 0.0919. The fourth-order valence-corrected chi connectivity index (χ4v) is 3.19. The Kier molecular flexibility index (Phi) is 4.29. The van der Waals surface area contributed by atoms with E-state index >= 15 is 0 Å². The van der Waals surface area contributed by atoms with Gasteiger partial charge in [-0.05, 0) is 36.7 Å². The second-order valence-corrected chi connectivity index (χ2v) is 5.60. The lowest BCUT2D eigenvalue weighted by atomic mass is 9.95. The fraction of sp³-hybridized carbons (Fsp3) is 0.700. The number of nitrogens with zero attached hydrogens (tertiary/aromatic N) is 3. The van der Waals surface area contributed by atoms with Gasteiger partial charge in [0.25, 0.3) is 5.91 Å². The zero-order chi connectivity index (χ0) is 11.4. The van der Waals surface area contributed by atoms with Crippen molar-refractivity contribution in [2.24, 2.45) is 5.92 Å². The van der Waals surface area contributed by atoms with Crippen molar-refractivity contribution in [1.82, 2.24) is 14.5 Å². The summed E-state index contributed by atoms with van der Waals surface area (Å²) in [6, 6.07) is 0. The molecule has 6 heteroatoms. The minimum absolute atomic E-state index is 0.0919. The molecular formula is C10H14BrN3OS. The molecule has 1 saturated heterocycles. The maximum Gasteiger partial charge on any atom is 0.267 e. The Bertz CT molecular complexity index is 342. The molecule has 1 atom stereocenters. The van der Waals surface area contributed by atoms with Crippen molar-refractivity contribution in [1.29, 1.82) is 0 Å². The van der Waals surface area contributed by atoms with Gasteiger partial charge in [-0.2, -0.15) is 0 Å². The monoisotopic (exact) mass is 303 g/mol. The van der Waals surface area contributed by atoms with Crippen LogP contribution in [-0.4, -0.2) is 38.8 Å². The Morgan fingerprint density at radius 1 is 1.69 bits per heavy atom. The van der Waals surface area contributed by atoms with Crippen molar-refractivity contribution in [3.63, 3.8) is 0 Å². The molecule has 1 aliphatic heterocycles. The van der Waals surface area contributed by atoms with E-state index in [2.05, 4.69) is 25.5 Å². The number of rotatable bonds is 3. The number of aromatic nitrogens is 2. The number of hydrogen-bond donors (Lipinski definition) is 0. The van der Waals surface area contributed by atoms with Gasteiger partial charge in [-0.25, -0.2) is 0 Å². The van der Waals surface area contributed by atoms with Crippen LogP contribution in [0.1, 0.15) is 28.9 Å². The molecule has 4 nitrogen and oxygen atoms in total. The Morgan fingerprint density at radius 2 is 2.56 bits per heavy atom. The van der Waals surface area contributed by atoms with Gasteiger partial charge in [0, 0.05) is 18.4 Å². The second kappa shape index (κ2) is 5.72. The summed E-state index contributed by atoms with van der Waals surface area (Å²) >= 11 is 4.64. The van der Waals surface area contributed by atoms with Gasteiger partial charge < -0.3 is 4.90 Å². The third kappa shape index (κ3) is 2.79. The summed E-state index contributed by atoms with van der Waals surface area (Å²) < 4.78 is 3.73. The van der Waals surface area contributed by atoms with Crippen molar-refractivity contribution in [2.75, 3.05) is 18.4 Å². The quantitative estimate of drug-likeness (QED) is 0.804. The molecular weight excluding hydrogens is 290 g/mol. The summed E-state index contributed by atoms with van der Waals surface area (Å²) in [5.74, 6) is 0.729. The maximum atomic E-state index is 12.1. The molecule has 1 aliphatic rings. The van der Waals surface area contributed by atoms with Gasteiger partial charge in [0.15, 0.2) is 0 Å². The number of piperidine rings is 1. The molecule has 0 radical (unpaired) electrons. The van der Waals surface area contributed by atoms with Crippen molar-refractivity contribution < 1.29 is 4.79 Å². The van der Waals surface area contributed by atoms with Gasteiger partial charge in [-0.3, -0.25) is 4.79 Å². The van der Waals surface area contributed by atoms with E-state index in [1.54, 1.807) is 6.20 Å². The molecule has 1 aromatic rings. The molecule has 16 heavy (non-hydrogen) atoms. The normalized spacial score (nSPS) is 21.1. The van der Waals surface area contributed by atoms with Crippen molar-refractivity contribution >= 4 is 33.4 Å². The van der Waals surface area contributed by atoms with E-state index in [0.717, 1.165) is 31.3 Å². The van der Waals surface area contributed by atoms with Crippen molar-refractivity contribution in [3.8, 4) is 0 Å². The average Bonchev–Trinajstić information content (AvgIpc) is 2.82. The molecule has 1 fully saturated rings. The Labute approximate surface area is 107 Å². The molecule has 0 aromatic carbocycles. The van der Waals surface area contributed by atoms with Crippen LogP contribution in [0.5, 0.6) is 0 Å². The van der Waals surface area contributed by atoms with Gasteiger partial charge in [0.1, 0.15) is 4.88 Å². The van der Waals surface area contributed by atoms with Gasteiger partial charge >= 0.3 is 0 Å². The molecule has 1 amide bonds. The average molecular weight is 304 g/mol. The van der Waals surface area contributed by atoms with E-state index < -0.39 is 0 Å². The number of likely N-dealkylation sites (tertiary alicyclic amines) is 1. The van der Waals surface area contributed by atoms with E-state index in [1.165, 1.54) is 18.0 Å². The molecule has 88 valence electrons. The molecule has 0 saturated carbocycles. The predicted octanol–water partition coefficient (Wildman–Crippen LogP) is 2.18. The lowest BCUT2D eigenvalue weighted by Gasteiger charge is -2.32. The molecule has 0 bridgehead atoms. The Balaban J connectivity index is 1.96. The second-order valence-electron chi connectivity index (χ2n) is 4.02. The van der Waals surface area contributed by atoms with Crippen LogP contribution in [0.3, 0.4) is 0 Å². The highest BCUT2D eigenvalue weighted by Gasteiger charge is 2.24. The van der Waals surface area contributed by atoms with Crippen LogP contribution in [0.15, 0.2) is 6.20 Å². The SMILES string of the molecule is O=C(c1cnns1)N1CCCC(CCBr)C1. The maximum absolute atomic E-state index is 12.1. The lowest BCUT2D eigenvalue weighted by molar-refractivity contribution is 0.0676. The number of amides is 1. The summed E-state index contributed by atoms with van der Waals surface area (Å²) in [7, 11) is 0. The first-order valence-corrected chi connectivity index (χ1v) is 7.33. The van der Waals surface area contributed by atoms with E-state index in [1.807, 2.05) is 4.90 Å². The molecule has 0 N–H and O–H groups in total. The van der Waals surface area contributed by atoms with E-state index in [4.69, 9.17) is 0 Å². The van der Waals surface area contributed by atoms with E-state index in [9.17, 15) is 4.79 Å². The zero-order valence-corrected chi connectivity index (χ0v) is 11.3. The molecule has 1 unspecified atom stereocenters. The molecule has 0 spiro atoms. The van der Waals surface area contributed by atoms with Gasteiger partial charge in [0.05, 0.1) is 6.20 Å². The number of carbonyl (C=O) groups excluding carboxylic acids is 1. The summed E-state index contributed by atoms with van der Waals surface area (Å²) in [6.45, 7) is 1.75. The standard InChI is InChI=1S/C10H14BrN3OS/c11-4-3-8-2-1-5-14(7-8)10(15)9-6-12-13-16-9/h6,8H,1-5,7H2. The van der Waals surface area contributed by atoms with E-state index in [0.29, 0.717) is 10.8 Å². The minimum Gasteiger partial charge on any atom is -0.338 e. The van der Waals surface area contributed by atoms with Gasteiger partial charge in [-0.15, -0.1) is 5.10 Å². The Hall–Kier alpha value is -0.490. The highest BCUT2D eigenvalue weighted by atomic mass is 79.9. The largest absolute Gasteiger partial charge is 0.338 e. The summed E-state index contributed by atoms with van der Waals surface area (Å²) in [4.78, 5) is 14.6. The smallest absolute Gasteiger partial charge is 0.267 e. The van der Waals surface area contributed by atoms with Crippen LogP contribution in [0.4, 0.5) is 0 Å². The summed E-state index contributed by atoms with van der Waals surface area (Å²) in [5, 5.41) is 4.72. The number of carbonyl (C=O) groups is 1. The Morgan fingerprint density at radius 3 is 3.25 bits per heavy atom. The zero-order valence-electron chi connectivity index (χ0n) is 8.93. The summed E-state index contributed by atoms with van der Waals surface area (Å²) in [5.41, 5.74) is 0. The first-order valence-electron chi connectivity index (χ1n) is 5.44. The summed E-state index contributed by atoms with van der Waals surface area (Å²) in [6.07, 6.45) is 5.04. The fourth-order valence-electron chi connectivity index (χ4n) is 2.06. The molecule has 1 aromatic heterocycles. The highest BCUT2D eigenvalue weighted by molar-refractivity contribution is 9.09. The lowest BCUT2D eigenvalue weighted by Crippen LogP contribution is -2.39. The van der Waals surface area contributed by atoms with Crippen LogP contribution < -0.4 is 0 Å². The van der Waals surface area contributed by atoms with Gasteiger partial charge in [0.2, 0.25) is 0 Å². The first kappa shape index (κ1) is 12.0. The number of hydrogen-bond acceptors (Lipinski definition) is 4. The van der Waals surface area contributed by atoms with Crippen LogP contribution in [0, 0.1) is 5.92 Å². The molecule has 2 rings (SSSR count). The van der Waals surface area contributed by atoms with Crippen LogP contribution in [-0.2, 0) is 0 Å². The number of alkyl halides is 1. The molecule has 0 aliphatic carbocycles. The first-order chi connectivity index (χ1) is 7.81. The molecule has 2 heterocycles.